The van der Waals surface area contributed by atoms with Crippen molar-refractivity contribution in [3.05, 3.63) is 46.5 Å². The van der Waals surface area contributed by atoms with E-state index in [1.54, 1.807) is 38.5 Å². The van der Waals surface area contributed by atoms with Gasteiger partial charge in [-0.1, -0.05) is 6.07 Å². The Kier molecular flexibility index (Phi) is 4.35. The first-order chi connectivity index (χ1) is 10.6. The third-order valence-corrected chi connectivity index (χ3v) is 5.15. The summed E-state index contributed by atoms with van der Waals surface area (Å²) in [6.07, 6.45) is 4.03. The van der Waals surface area contributed by atoms with E-state index in [0.717, 1.165) is 21.1 Å². The number of aryl methyl sites for hydroxylation is 1. The zero-order valence-electron chi connectivity index (χ0n) is 12.4. The van der Waals surface area contributed by atoms with Gasteiger partial charge in [0.2, 0.25) is 5.91 Å². The SMILES string of the molecule is CN(Cc1cnn(C)c1)C(=O)Cc1csc(-c2cccs2)n1. The molecule has 5 nitrogen and oxygen atoms in total. The van der Waals surface area contributed by atoms with E-state index < -0.39 is 0 Å². The second-order valence-corrected chi connectivity index (χ2v) is 6.88. The van der Waals surface area contributed by atoms with Gasteiger partial charge in [-0.3, -0.25) is 9.48 Å². The molecule has 0 aliphatic carbocycles. The van der Waals surface area contributed by atoms with Gasteiger partial charge in [0.05, 0.1) is 23.2 Å². The molecule has 114 valence electrons. The van der Waals surface area contributed by atoms with Crippen molar-refractivity contribution in [1.82, 2.24) is 19.7 Å². The molecule has 0 atom stereocenters. The smallest absolute Gasteiger partial charge is 0.228 e. The van der Waals surface area contributed by atoms with E-state index in [1.165, 1.54) is 0 Å². The van der Waals surface area contributed by atoms with Gasteiger partial charge in [-0.2, -0.15) is 5.10 Å². The lowest BCUT2D eigenvalue weighted by Gasteiger charge is -2.15. The molecular weight excluding hydrogens is 316 g/mol. The maximum atomic E-state index is 12.3. The largest absolute Gasteiger partial charge is 0.341 e. The number of thiazole rings is 1. The molecule has 1 amide bonds. The number of hydrogen-bond acceptors (Lipinski definition) is 5. The molecule has 3 heterocycles. The van der Waals surface area contributed by atoms with Crippen molar-refractivity contribution in [3.8, 4) is 9.88 Å². The van der Waals surface area contributed by atoms with E-state index in [9.17, 15) is 4.79 Å². The summed E-state index contributed by atoms with van der Waals surface area (Å²) in [4.78, 5) is 19.7. The highest BCUT2D eigenvalue weighted by Gasteiger charge is 2.14. The van der Waals surface area contributed by atoms with Gasteiger partial charge in [-0.15, -0.1) is 22.7 Å². The Balaban J connectivity index is 1.61. The van der Waals surface area contributed by atoms with Crippen LogP contribution in [0.15, 0.2) is 35.3 Å². The topological polar surface area (TPSA) is 51.0 Å². The Hall–Kier alpha value is -1.99. The molecule has 0 spiro atoms. The zero-order chi connectivity index (χ0) is 15.5. The fourth-order valence-corrected chi connectivity index (χ4v) is 3.74. The number of thiophene rings is 1. The highest BCUT2D eigenvalue weighted by Crippen LogP contribution is 2.27. The first-order valence-electron chi connectivity index (χ1n) is 6.81. The van der Waals surface area contributed by atoms with Gasteiger partial charge in [0, 0.05) is 37.8 Å². The van der Waals surface area contributed by atoms with Crippen LogP contribution < -0.4 is 0 Å². The molecule has 0 radical (unpaired) electrons. The molecule has 0 aliphatic rings. The van der Waals surface area contributed by atoms with E-state index in [1.807, 2.05) is 43.2 Å². The average Bonchev–Trinajstić information content (AvgIpc) is 3.20. The van der Waals surface area contributed by atoms with Gasteiger partial charge >= 0.3 is 0 Å². The van der Waals surface area contributed by atoms with Crippen molar-refractivity contribution in [1.29, 1.82) is 0 Å². The van der Waals surface area contributed by atoms with Crippen molar-refractivity contribution in [2.24, 2.45) is 7.05 Å². The van der Waals surface area contributed by atoms with Crippen molar-refractivity contribution in [2.75, 3.05) is 7.05 Å². The maximum Gasteiger partial charge on any atom is 0.228 e. The Labute approximate surface area is 136 Å². The molecule has 7 heteroatoms. The van der Waals surface area contributed by atoms with E-state index in [4.69, 9.17) is 0 Å². The Morgan fingerprint density at radius 1 is 1.41 bits per heavy atom. The van der Waals surface area contributed by atoms with Gasteiger partial charge in [-0.25, -0.2) is 4.98 Å². The summed E-state index contributed by atoms with van der Waals surface area (Å²) in [5.74, 6) is 0.0619. The first-order valence-corrected chi connectivity index (χ1v) is 8.57. The summed E-state index contributed by atoms with van der Waals surface area (Å²) < 4.78 is 1.74. The minimum atomic E-state index is 0.0619. The first kappa shape index (κ1) is 14.9. The minimum Gasteiger partial charge on any atom is -0.341 e. The fourth-order valence-electron chi connectivity index (χ4n) is 2.11. The standard InChI is InChI=1S/C15H16N4OS2/c1-18(8-11-7-16-19(2)9-11)14(20)6-12-10-22-15(17-12)13-4-3-5-21-13/h3-5,7,9-10H,6,8H2,1-2H3. The second kappa shape index (κ2) is 6.41. The van der Waals surface area contributed by atoms with Gasteiger partial charge in [-0.05, 0) is 11.4 Å². The predicted molar refractivity (Wildman–Crippen MR) is 88.8 cm³/mol. The van der Waals surface area contributed by atoms with Crippen molar-refractivity contribution in [3.63, 3.8) is 0 Å². The van der Waals surface area contributed by atoms with E-state index in [-0.39, 0.29) is 5.91 Å². The molecule has 0 fully saturated rings. The van der Waals surface area contributed by atoms with Crippen LogP contribution in [0.25, 0.3) is 9.88 Å². The summed E-state index contributed by atoms with van der Waals surface area (Å²) in [6, 6.07) is 4.05. The number of amides is 1. The van der Waals surface area contributed by atoms with Crippen LogP contribution >= 0.6 is 22.7 Å². The van der Waals surface area contributed by atoms with Gasteiger partial charge in [0.1, 0.15) is 5.01 Å². The Morgan fingerprint density at radius 2 is 2.27 bits per heavy atom. The molecule has 0 saturated carbocycles. The molecule has 22 heavy (non-hydrogen) atoms. The zero-order valence-corrected chi connectivity index (χ0v) is 14.0. The molecule has 3 aromatic rings. The maximum absolute atomic E-state index is 12.3. The molecule has 0 N–H and O–H groups in total. The fraction of sp³-hybridized carbons (Fsp3) is 0.267. The van der Waals surface area contributed by atoms with Crippen molar-refractivity contribution >= 4 is 28.6 Å². The average molecular weight is 332 g/mol. The van der Waals surface area contributed by atoms with Crippen molar-refractivity contribution < 1.29 is 4.79 Å². The van der Waals surface area contributed by atoms with Crippen LogP contribution in [0.3, 0.4) is 0 Å². The Morgan fingerprint density at radius 3 is 2.95 bits per heavy atom. The molecule has 3 rings (SSSR count). The molecule has 0 aromatic carbocycles. The number of hydrogen-bond donors (Lipinski definition) is 0. The van der Waals surface area contributed by atoms with Crippen LogP contribution in [-0.4, -0.2) is 32.6 Å². The summed E-state index contributed by atoms with van der Waals surface area (Å²) in [6.45, 7) is 0.564. The number of carbonyl (C=O) groups excluding carboxylic acids is 1. The Bertz CT molecular complexity index is 760. The van der Waals surface area contributed by atoms with Crippen LogP contribution in [0.1, 0.15) is 11.3 Å². The number of carbonyl (C=O) groups is 1. The van der Waals surface area contributed by atoms with Crippen LogP contribution in [0.2, 0.25) is 0 Å². The predicted octanol–water partition coefficient (Wildman–Crippen LogP) is 2.81. The van der Waals surface area contributed by atoms with E-state index in [0.29, 0.717) is 13.0 Å². The molecule has 0 aliphatic heterocycles. The molecule has 0 bridgehead atoms. The lowest BCUT2D eigenvalue weighted by atomic mass is 10.2. The van der Waals surface area contributed by atoms with Gasteiger partial charge in [0.15, 0.2) is 0 Å². The highest BCUT2D eigenvalue weighted by atomic mass is 32.1. The molecule has 0 unspecified atom stereocenters. The molecular formula is C15H16N4OS2. The van der Waals surface area contributed by atoms with E-state index >= 15 is 0 Å². The number of rotatable bonds is 5. The second-order valence-electron chi connectivity index (χ2n) is 5.07. The third-order valence-electron chi connectivity index (χ3n) is 3.22. The monoisotopic (exact) mass is 332 g/mol. The summed E-state index contributed by atoms with van der Waals surface area (Å²) in [7, 11) is 3.68. The molecule has 0 saturated heterocycles. The third kappa shape index (κ3) is 3.42. The summed E-state index contributed by atoms with van der Waals surface area (Å²) in [5, 5.41) is 9.09. The lowest BCUT2D eigenvalue weighted by molar-refractivity contribution is -0.129. The van der Waals surface area contributed by atoms with Crippen LogP contribution in [0.4, 0.5) is 0 Å². The van der Waals surface area contributed by atoms with E-state index in [2.05, 4.69) is 10.1 Å². The van der Waals surface area contributed by atoms with Gasteiger partial charge < -0.3 is 4.90 Å². The number of aromatic nitrogens is 3. The van der Waals surface area contributed by atoms with Crippen LogP contribution in [0.5, 0.6) is 0 Å². The minimum absolute atomic E-state index is 0.0619. The molecule has 3 aromatic heterocycles. The number of likely N-dealkylation sites (N-methyl/N-ethyl adjacent to an activating group) is 1. The number of nitrogens with zero attached hydrogens (tertiary/aromatic N) is 4. The normalized spacial score (nSPS) is 10.8. The van der Waals surface area contributed by atoms with Crippen LogP contribution in [0, 0.1) is 0 Å². The van der Waals surface area contributed by atoms with Gasteiger partial charge in [0.25, 0.3) is 0 Å². The summed E-state index contributed by atoms with van der Waals surface area (Å²) in [5.41, 5.74) is 1.85. The highest BCUT2D eigenvalue weighted by molar-refractivity contribution is 7.20. The summed E-state index contributed by atoms with van der Waals surface area (Å²) >= 11 is 3.25. The van der Waals surface area contributed by atoms with Crippen molar-refractivity contribution in [2.45, 2.75) is 13.0 Å². The quantitative estimate of drug-likeness (QED) is 0.722. The lowest BCUT2D eigenvalue weighted by Crippen LogP contribution is -2.27. The van der Waals surface area contributed by atoms with Crippen LogP contribution in [-0.2, 0) is 24.8 Å².